The molecule has 1 unspecified atom stereocenters. The Kier molecular flexibility index (Phi) is 5.56. The van der Waals surface area contributed by atoms with Crippen LogP contribution in [-0.2, 0) is 11.4 Å². The topological polar surface area (TPSA) is 128 Å². The number of aryl methyl sites for hydroxylation is 2. The number of nitrogens with two attached hydrogens (primary N) is 1. The van der Waals surface area contributed by atoms with Crippen molar-refractivity contribution in [3.63, 3.8) is 0 Å². The molecule has 0 fully saturated rings. The minimum absolute atomic E-state index is 0.253. The maximum atomic E-state index is 12.8. The molecule has 0 saturated heterocycles. The third-order valence-electron chi connectivity index (χ3n) is 4.69. The van der Waals surface area contributed by atoms with Crippen LogP contribution in [0.1, 0.15) is 34.3 Å². The molecular weight excluding hydrogens is 374 g/mol. The summed E-state index contributed by atoms with van der Waals surface area (Å²) in [4.78, 5) is 28.6. The predicted octanol–water partition coefficient (Wildman–Crippen LogP) is 1.99. The van der Waals surface area contributed by atoms with Crippen LogP contribution < -0.4 is 15.8 Å². The summed E-state index contributed by atoms with van der Waals surface area (Å²) in [6, 6.07) is 8.99. The number of carbonyl (C=O) groups excluding carboxylic acids is 2. The zero-order chi connectivity index (χ0) is 21.2. The Bertz CT molecular complexity index is 1060. The summed E-state index contributed by atoms with van der Waals surface area (Å²) in [7, 11) is 0. The summed E-state index contributed by atoms with van der Waals surface area (Å²) in [6.45, 7) is 4.61. The van der Waals surface area contributed by atoms with E-state index in [0.717, 1.165) is 11.3 Å². The lowest BCUT2D eigenvalue weighted by atomic mass is 10.0. The van der Waals surface area contributed by atoms with Gasteiger partial charge in [0.1, 0.15) is 29.2 Å². The number of ether oxygens (including phenoxy) is 1. The van der Waals surface area contributed by atoms with E-state index in [-0.39, 0.29) is 5.56 Å². The van der Waals surface area contributed by atoms with Gasteiger partial charge in [0.15, 0.2) is 0 Å². The molecule has 152 valence electrons. The molecular formula is C21H23N3O5. The number of pyridine rings is 1. The summed E-state index contributed by atoms with van der Waals surface area (Å²) < 4.78 is 11.5. The number of furan rings is 1. The first kappa shape index (κ1) is 20.3. The molecule has 8 nitrogen and oxygen atoms in total. The second-order valence-corrected chi connectivity index (χ2v) is 7.10. The first-order valence-corrected chi connectivity index (χ1v) is 9.04. The minimum atomic E-state index is -1.58. The van der Waals surface area contributed by atoms with Gasteiger partial charge in [0.05, 0.1) is 12.2 Å². The number of rotatable bonds is 7. The first-order valence-electron chi connectivity index (χ1n) is 9.04. The van der Waals surface area contributed by atoms with Gasteiger partial charge in [-0.25, -0.2) is 0 Å². The average molecular weight is 397 g/mol. The second kappa shape index (κ2) is 7.92. The summed E-state index contributed by atoms with van der Waals surface area (Å²) >= 11 is 0. The number of primary amides is 1. The lowest BCUT2D eigenvalue weighted by molar-refractivity contribution is -0.124. The van der Waals surface area contributed by atoms with E-state index in [4.69, 9.17) is 14.9 Å². The van der Waals surface area contributed by atoms with Crippen molar-refractivity contribution in [2.75, 3.05) is 6.61 Å². The molecule has 0 saturated carbocycles. The largest absolute Gasteiger partial charge is 0.489 e. The Morgan fingerprint density at radius 2 is 2.03 bits per heavy atom. The van der Waals surface area contributed by atoms with Crippen LogP contribution in [0.4, 0.5) is 0 Å². The molecule has 0 aliphatic heterocycles. The third kappa shape index (κ3) is 4.22. The summed E-state index contributed by atoms with van der Waals surface area (Å²) in [5, 5.41) is 12.5. The number of nitrogens with zero attached hydrogens (tertiary/aromatic N) is 1. The summed E-state index contributed by atoms with van der Waals surface area (Å²) in [6.07, 6.45) is 1.74. The lowest BCUT2D eigenvalue weighted by Crippen LogP contribution is -2.57. The van der Waals surface area contributed by atoms with Crippen molar-refractivity contribution in [3.8, 4) is 5.75 Å². The molecule has 0 radical (unpaired) electrons. The van der Waals surface area contributed by atoms with E-state index >= 15 is 0 Å². The number of carbonyl (C=O) groups is 2. The van der Waals surface area contributed by atoms with Crippen LogP contribution in [0.5, 0.6) is 5.75 Å². The highest BCUT2D eigenvalue weighted by Gasteiger charge is 2.34. The molecule has 0 aliphatic rings. The molecule has 1 aromatic carbocycles. The second-order valence-electron chi connectivity index (χ2n) is 7.10. The smallest absolute Gasteiger partial charge is 0.256 e. The Hall–Kier alpha value is -3.39. The van der Waals surface area contributed by atoms with E-state index in [0.29, 0.717) is 29.1 Å². The van der Waals surface area contributed by atoms with Crippen molar-refractivity contribution in [1.82, 2.24) is 10.3 Å². The zero-order valence-corrected chi connectivity index (χ0v) is 16.5. The van der Waals surface area contributed by atoms with E-state index in [9.17, 15) is 14.7 Å². The van der Waals surface area contributed by atoms with Gasteiger partial charge in [0.2, 0.25) is 5.91 Å². The quantitative estimate of drug-likeness (QED) is 0.559. The molecule has 1 atom stereocenters. The molecule has 0 bridgehead atoms. The number of hydrogen-bond donors (Lipinski definition) is 3. The lowest BCUT2D eigenvalue weighted by Gasteiger charge is -2.24. The molecule has 2 amide bonds. The van der Waals surface area contributed by atoms with Gasteiger partial charge in [-0.1, -0.05) is 6.07 Å². The van der Waals surface area contributed by atoms with Gasteiger partial charge in [-0.05, 0) is 45.0 Å². The van der Waals surface area contributed by atoms with Crippen LogP contribution in [0.25, 0.3) is 11.0 Å². The monoisotopic (exact) mass is 397 g/mol. The number of nitrogens with one attached hydrogen (secondary N) is 1. The van der Waals surface area contributed by atoms with E-state index < -0.39 is 24.0 Å². The number of hydrogen-bond acceptors (Lipinski definition) is 6. The van der Waals surface area contributed by atoms with Crippen LogP contribution >= 0.6 is 0 Å². The fourth-order valence-electron chi connectivity index (χ4n) is 2.81. The molecule has 3 aromatic rings. The van der Waals surface area contributed by atoms with Gasteiger partial charge in [0.25, 0.3) is 5.91 Å². The van der Waals surface area contributed by atoms with E-state index in [1.54, 1.807) is 31.3 Å². The van der Waals surface area contributed by atoms with E-state index in [1.807, 2.05) is 19.1 Å². The molecule has 2 heterocycles. The molecule has 29 heavy (non-hydrogen) atoms. The summed E-state index contributed by atoms with van der Waals surface area (Å²) in [5.41, 5.74) is 6.31. The van der Waals surface area contributed by atoms with Crippen molar-refractivity contribution in [2.45, 2.75) is 32.9 Å². The number of aliphatic hydroxyl groups excluding tert-OH is 1. The van der Waals surface area contributed by atoms with Gasteiger partial charge in [-0.15, -0.1) is 0 Å². The predicted molar refractivity (Wildman–Crippen MR) is 106 cm³/mol. The first-order chi connectivity index (χ1) is 13.7. The number of aromatic nitrogens is 1. The number of amides is 2. The Morgan fingerprint density at radius 1 is 1.28 bits per heavy atom. The van der Waals surface area contributed by atoms with Gasteiger partial charge >= 0.3 is 0 Å². The molecule has 2 aromatic heterocycles. The highest BCUT2D eigenvalue weighted by molar-refractivity contribution is 6.09. The molecule has 3 rings (SSSR count). The Morgan fingerprint density at radius 3 is 2.66 bits per heavy atom. The van der Waals surface area contributed by atoms with Crippen molar-refractivity contribution >= 4 is 22.8 Å². The van der Waals surface area contributed by atoms with E-state index in [1.165, 1.54) is 6.92 Å². The van der Waals surface area contributed by atoms with Gasteiger partial charge in [-0.2, -0.15) is 0 Å². The molecule has 4 N–H and O–H groups in total. The number of benzene rings is 1. The van der Waals surface area contributed by atoms with Crippen molar-refractivity contribution in [1.29, 1.82) is 0 Å². The summed E-state index contributed by atoms with van der Waals surface area (Å²) in [5.74, 6) is -0.485. The van der Waals surface area contributed by atoms with Crippen molar-refractivity contribution in [2.24, 2.45) is 5.73 Å². The normalized spacial score (nSPS) is 13.1. The molecule has 0 aliphatic carbocycles. The zero-order valence-electron chi connectivity index (χ0n) is 16.5. The Balaban J connectivity index is 1.87. The average Bonchev–Trinajstić information content (AvgIpc) is 3.02. The number of fused-ring (bicyclic) bond motifs is 1. The standard InChI is InChI=1S/C21H23N3O5/c1-12-4-5-14(9-23-12)10-28-15-6-7-17-16(8-15)18(13(2)29-17)19(26)24-21(3,11-25)20(22)27/h4-9,25H,10-11H2,1-3H3,(H2,22,27)(H,24,26). The Labute approximate surface area is 167 Å². The third-order valence-corrected chi connectivity index (χ3v) is 4.69. The fraction of sp³-hybridized carbons (Fsp3) is 0.286. The maximum absolute atomic E-state index is 12.8. The highest BCUT2D eigenvalue weighted by atomic mass is 16.5. The van der Waals surface area contributed by atoms with Crippen LogP contribution in [0.15, 0.2) is 40.9 Å². The van der Waals surface area contributed by atoms with Crippen LogP contribution in [0.3, 0.4) is 0 Å². The van der Waals surface area contributed by atoms with Gasteiger partial charge in [0, 0.05) is 22.8 Å². The van der Waals surface area contributed by atoms with E-state index in [2.05, 4.69) is 10.3 Å². The maximum Gasteiger partial charge on any atom is 0.256 e. The fourth-order valence-corrected chi connectivity index (χ4v) is 2.81. The van der Waals surface area contributed by atoms with Crippen LogP contribution in [-0.4, -0.2) is 34.1 Å². The van der Waals surface area contributed by atoms with Gasteiger partial charge in [-0.3, -0.25) is 14.6 Å². The van der Waals surface area contributed by atoms with Crippen LogP contribution in [0, 0.1) is 13.8 Å². The van der Waals surface area contributed by atoms with Crippen LogP contribution in [0.2, 0.25) is 0 Å². The molecule has 0 spiro atoms. The van der Waals surface area contributed by atoms with Crippen molar-refractivity contribution in [3.05, 3.63) is 59.1 Å². The number of aliphatic hydroxyl groups is 1. The highest BCUT2D eigenvalue weighted by Crippen LogP contribution is 2.30. The van der Waals surface area contributed by atoms with Gasteiger partial charge < -0.3 is 25.3 Å². The minimum Gasteiger partial charge on any atom is -0.489 e. The van der Waals surface area contributed by atoms with Crippen molar-refractivity contribution < 1.29 is 23.8 Å². The SMILES string of the molecule is Cc1ccc(COc2ccc3oc(C)c(C(=O)NC(C)(CO)C(N)=O)c3c2)cn1. The molecule has 8 heteroatoms.